The number of aryl methyl sites for hydroxylation is 1. The van der Waals surface area contributed by atoms with E-state index < -0.39 is 0 Å². The summed E-state index contributed by atoms with van der Waals surface area (Å²) in [4.78, 5) is 1.12. The van der Waals surface area contributed by atoms with E-state index in [-0.39, 0.29) is 0 Å². The minimum Gasteiger partial charge on any atom is -0.143 e. The molecule has 0 heterocycles. The Morgan fingerprint density at radius 2 is 1.77 bits per heavy atom. The molecular formula is C12H18S. The minimum atomic E-state index is 0.413. The molecule has 0 fully saturated rings. The highest BCUT2D eigenvalue weighted by Crippen LogP contribution is 2.23. The first-order valence-electron chi connectivity index (χ1n) is 4.76. The van der Waals surface area contributed by atoms with Crippen molar-refractivity contribution in [2.24, 2.45) is 5.41 Å². The molecule has 0 amide bonds. The summed E-state index contributed by atoms with van der Waals surface area (Å²) in [6.45, 7) is 6.82. The fourth-order valence-corrected chi connectivity index (χ4v) is 1.50. The molecule has 1 rings (SSSR count). The predicted octanol–water partition coefficient (Wildman–Crippen LogP) is 3.95. The lowest BCUT2D eigenvalue weighted by Gasteiger charge is -2.18. The average Bonchev–Trinajstić information content (AvgIpc) is 2.01. The van der Waals surface area contributed by atoms with Crippen molar-refractivity contribution in [1.82, 2.24) is 0 Å². The summed E-state index contributed by atoms with van der Waals surface area (Å²) in [7, 11) is 0. The van der Waals surface area contributed by atoms with Gasteiger partial charge < -0.3 is 0 Å². The van der Waals surface area contributed by atoms with E-state index in [1.165, 1.54) is 12.0 Å². The fraction of sp³-hybridized carbons (Fsp3) is 0.500. The van der Waals surface area contributed by atoms with Crippen molar-refractivity contribution in [2.45, 2.75) is 38.5 Å². The van der Waals surface area contributed by atoms with Crippen LogP contribution in [0.5, 0.6) is 0 Å². The van der Waals surface area contributed by atoms with Gasteiger partial charge in [-0.25, -0.2) is 0 Å². The monoisotopic (exact) mass is 194 g/mol. The van der Waals surface area contributed by atoms with Crippen LogP contribution in [0.2, 0.25) is 0 Å². The first-order chi connectivity index (χ1) is 5.99. The molecule has 0 aliphatic rings. The van der Waals surface area contributed by atoms with Gasteiger partial charge >= 0.3 is 0 Å². The Kier molecular flexibility index (Phi) is 3.43. The van der Waals surface area contributed by atoms with E-state index in [0.717, 1.165) is 11.3 Å². The van der Waals surface area contributed by atoms with Crippen LogP contribution in [0.25, 0.3) is 0 Å². The van der Waals surface area contributed by atoms with Crippen molar-refractivity contribution in [3.8, 4) is 0 Å². The van der Waals surface area contributed by atoms with Gasteiger partial charge in [-0.05, 0) is 29.9 Å². The van der Waals surface area contributed by atoms with E-state index >= 15 is 0 Å². The number of benzene rings is 1. The Balaban J connectivity index is 2.60. The molecule has 0 saturated carbocycles. The normalized spacial score (nSPS) is 11.7. The van der Waals surface area contributed by atoms with Crippen molar-refractivity contribution >= 4 is 12.6 Å². The van der Waals surface area contributed by atoms with Gasteiger partial charge in [0.25, 0.3) is 0 Å². The average molecular weight is 194 g/mol. The SMILES string of the molecule is CC(C)(C)CCc1ccccc1S. The van der Waals surface area contributed by atoms with E-state index in [1.807, 2.05) is 6.07 Å². The van der Waals surface area contributed by atoms with Crippen LogP contribution in [0.3, 0.4) is 0 Å². The number of hydrogen-bond acceptors (Lipinski definition) is 1. The summed E-state index contributed by atoms with van der Waals surface area (Å²) >= 11 is 4.43. The second-order valence-corrected chi connectivity index (χ2v) is 5.17. The van der Waals surface area contributed by atoms with Crippen LogP contribution in [0, 0.1) is 5.41 Å². The zero-order chi connectivity index (χ0) is 9.90. The molecule has 0 N–H and O–H groups in total. The maximum atomic E-state index is 4.43. The fourth-order valence-electron chi connectivity index (χ4n) is 1.23. The zero-order valence-corrected chi connectivity index (χ0v) is 9.57. The molecule has 0 radical (unpaired) electrons. The standard InChI is InChI=1S/C12H18S/c1-12(2,3)9-8-10-6-4-5-7-11(10)13/h4-7,13H,8-9H2,1-3H3. The van der Waals surface area contributed by atoms with Crippen LogP contribution >= 0.6 is 12.6 Å². The van der Waals surface area contributed by atoms with E-state index in [2.05, 4.69) is 51.6 Å². The minimum absolute atomic E-state index is 0.413. The van der Waals surface area contributed by atoms with E-state index in [9.17, 15) is 0 Å². The van der Waals surface area contributed by atoms with Crippen molar-refractivity contribution in [3.63, 3.8) is 0 Å². The Morgan fingerprint density at radius 3 is 2.31 bits per heavy atom. The largest absolute Gasteiger partial charge is 0.143 e. The van der Waals surface area contributed by atoms with Gasteiger partial charge in [0.05, 0.1) is 0 Å². The summed E-state index contributed by atoms with van der Waals surface area (Å²) < 4.78 is 0. The first kappa shape index (κ1) is 10.6. The molecular weight excluding hydrogens is 176 g/mol. The second kappa shape index (κ2) is 4.19. The lowest BCUT2D eigenvalue weighted by molar-refractivity contribution is 0.377. The molecule has 13 heavy (non-hydrogen) atoms. The molecule has 1 heteroatoms. The van der Waals surface area contributed by atoms with Crippen LogP contribution < -0.4 is 0 Å². The Morgan fingerprint density at radius 1 is 1.15 bits per heavy atom. The maximum absolute atomic E-state index is 4.43. The van der Waals surface area contributed by atoms with Crippen LogP contribution in [-0.4, -0.2) is 0 Å². The molecule has 0 aromatic heterocycles. The molecule has 0 bridgehead atoms. The summed E-state index contributed by atoms with van der Waals surface area (Å²) in [6, 6.07) is 8.33. The molecule has 0 atom stereocenters. The Hall–Kier alpha value is -0.430. The van der Waals surface area contributed by atoms with Gasteiger partial charge in [-0.2, -0.15) is 0 Å². The molecule has 1 aromatic rings. The first-order valence-corrected chi connectivity index (χ1v) is 5.21. The van der Waals surface area contributed by atoms with Crippen LogP contribution in [-0.2, 0) is 6.42 Å². The zero-order valence-electron chi connectivity index (χ0n) is 8.67. The van der Waals surface area contributed by atoms with Gasteiger partial charge in [0, 0.05) is 4.90 Å². The van der Waals surface area contributed by atoms with Crippen LogP contribution in [0.15, 0.2) is 29.2 Å². The van der Waals surface area contributed by atoms with Crippen molar-refractivity contribution in [1.29, 1.82) is 0 Å². The predicted molar refractivity (Wildman–Crippen MR) is 61.5 cm³/mol. The highest BCUT2D eigenvalue weighted by atomic mass is 32.1. The lowest BCUT2D eigenvalue weighted by atomic mass is 9.89. The topological polar surface area (TPSA) is 0 Å². The number of rotatable bonds is 2. The third kappa shape index (κ3) is 3.86. The molecule has 0 aliphatic heterocycles. The van der Waals surface area contributed by atoms with E-state index in [0.29, 0.717) is 5.41 Å². The quantitative estimate of drug-likeness (QED) is 0.677. The molecule has 0 spiro atoms. The van der Waals surface area contributed by atoms with Gasteiger partial charge in [-0.3, -0.25) is 0 Å². The molecule has 0 unspecified atom stereocenters. The summed E-state index contributed by atoms with van der Waals surface area (Å²) in [6.07, 6.45) is 2.34. The molecule has 0 aliphatic carbocycles. The maximum Gasteiger partial charge on any atom is 0.00720 e. The Labute approximate surface area is 86.8 Å². The molecule has 0 nitrogen and oxygen atoms in total. The van der Waals surface area contributed by atoms with Crippen LogP contribution in [0.4, 0.5) is 0 Å². The Bertz CT molecular complexity index is 271. The van der Waals surface area contributed by atoms with Gasteiger partial charge in [-0.1, -0.05) is 39.0 Å². The van der Waals surface area contributed by atoms with Gasteiger partial charge in [0.1, 0.15) is 0 Å². The van der Waals surface area contributed by atoms with Gasteiger partial charge in [0.15, 0.2) is 0 Å². The lowest BCUT2D eigenvalue weighted by Crippen LogP contribution is -2.06. The third-order valence-electron chi connectivity index (χ3n) is 2.14. The van der Waals surface area contributed by atoms with Gasteiger partial charge in [0.2, 0.25) is 0 Å². The second-order valence-electron chi connectivity index (χ2n) is 4.69. The summed E-state index contributed by atoms with van der Waals surface area (Å²) in [5, 5.41) is 0. The number of thiol groups is 1. The van der Waals surface area contributed by atoms with Crippen LogP contribution in [0.1, 0.15) is 32.8 Å². The van der Waals surface area contributed by atoms with Crippen molar-refractivity contribution in [3.05, 3.63) is 29.8 Å². The number of hydrogen-bond donors (Lipinski definition) is 1. The van der Waals surface area contributed by atoms with E-state index in [1.54, 1.807) is 0 Å². The molecule has 1 aromatic carbocycles. The molecule has 0 saturated heterocycles. The summed E-state index contributed by atoms with van der Waals surface area (Å²) in [5.74, 6) is 0. The van der Waals surface area contributed by atoms with Crippen molar-refractivity contribution in [2.75, 3.05) is 0 Å². The van der Waals surface area contributed by atoms with E-state index in [4.69, 9.17) is 0 Å². The highest BCUT2D eigenvalue weighted by molar-refractivity contribution is 7.80. The smallest absolute Gasteiger partial charge is 0.00720 e. The van der Waals surface area contributed by atoms with Gasteiger partial charge in [-0.15, -0.1) is 12.6 Å². The summed E-state index contributed by atoms with van der Waals surface area (Å²) in [5.41, 5.74) is 1.77. The highest BCUT2D eigenvalue weighted by Gasteiger charge is 2.10. The third-order valence-corrected chi connectivity index (χ3v) is 2.57. The molecule has 72 valence electrons. The van der Waals surface area contributed by atoms with Crippen molar-refractivity contribution < 1.29 is 0 Å².